The van der Waals surface area contributed by atoms with Crippen LogP contribution in [0.2, 0.25) is 0 Å². The molecule has 2 heteroatoms. The van der Waals surface area contributed by atoms with Crippen LogP contribution in [-0.4, -0.2) is 0 Å². The molecule has 0 aliphatic rings. The van der Waals surface area contributed by atoms with Gasteiger partial charge in [-0.15, -0.1) is 0 Å². The molecule has 244 valence electrons. The molecule has 0 unspecified atom stereocenters. The van der Waals surface area contributed by atoms with Crippen molar-refractivity contribution in [3.63, 3.8) is 0 Å². The van der Waals surface area contributed by atoms with E-state index in [1.807, 2.05) is 0 Å². The van der Waals surface area contributed by atoms with Crippen LogP contribution >= 0.6 is 0 Å². The smallest absolute Gasteiger partial charge is 0.136 e. The van der Waals surface area contributed by atoms with Gasteiger partial charge in [-0.2, -0.15) is 0 Å². The summed E-state index contributed by atoms with van der Waals surface area (Å²) in [5.74, 6) is 0. The summed E-state index contributed by atoms with van der Waals surface area (Å²) in [6, 6.07) is 71.7. The second kappa shape index (κ2) is 12.5. The van der Waals surface area contributed by atoms with Crippen LogP contribution in [0, 0.1) is 0 Å². The quantitative estimate of drug-likeness (QED) is 0.176. The topological polar surface area (TPSA) is 16.4 Å². The van der Waals surface area contributed by atoms with Gasteiger partial charge in [-0.25, -0.2) is 0 Å². The molecule has 1 heterocycles. The Morgan fingerprint density at radius 3 is 1.85 bits per heavy atom. The van der Waals surface area contributed by atoms with E-state index >= 15 is 0 Å². The summed E-state index contributed by atoms with van der Waals surface area (Å²) < 4.78 is 6.52. The molecule has 0 fully saturated rings. The number of furan rings is 1. The Labute approximate surface area is 302 Å². The number of benzene rings is 9. The number of anilines is 3. The average molecular weight is 664 g/mol. The minimum atomic E-state index is 0.870. The Hall–Kier alpha value is -6.90. The fourth-order valence-electron chi connectivity index (χ4n) is 7.69. The lowest BCUT2D eigenvalue weighted by Gasteiger charge is -2.27. The molecule has 10 aromatic rings. The highest BCUT2D eigenvalue weighted by Crippen LogP contribution is 2.44. The zero-order valence-electron chi connectivity index (χ0n) is 28.4. The van der Waals surface area contributed by atoms with E-state index in [4.69, 9.17) is 4.42 Å². The number of nitrogens with zero attached hydrogens (tertiary/aromatic N) is 1. The van der Waals surface area contributed by atoms with E-state index in [2.05, 4.69) is 205 Å². The molecule has 9 aromatic carbocycles. The molecule has 1 aromatic heterocycles. The average Bonchev–Trinajstić information content (AvgIpc) is 3.60. The number of fused-ring (bicyclic) bond motifs is 5. The third kappa shape index (κ3) is 5.21. The first-order valence-electron chi connectivity index (χ1n) is 17.8. The molecule has 0 saturated carbocycles. The molecular formula is C50H33NO. The Balaban J connectivity index is 1.14. The van der Waals surface area contributed by atoms with Crippen molar-refractivity contribution in [3.8, 4) is 33.4 Å². The third-order valence-electron chi connectivity index (χ3n) is 10.2. The molecule has 0 N–H and O–H groups in total. The van der Waals surface area contributed by atoms with Crippen molar-refractivity contribution in [1.82, 2.24) is 0 Å². The Kier molecular flexibility index (Phi) is 7.18. The molecule has 0 bridgehead atoms. The maximum Gasteiger partial charge on any atom is 0.136 e. The van der Waals surface area contributed by atoms with Crippen LogP contribution in [0.4, 0.5) is 17.1 Å². The highest BCUT2D eigenvalue weighted by atomic mass is 16.3. The minimum Gasteiger partial charge on any atom is -0.456 e. The molecule has 0 amide bonds. The van der Waals surface area contributed by atoms with Gasteiger partial charge >= 0.3 is 0 Å². The van der Waals surface area contributed by atoms with E-state index in [-0.39, 0.29) is 0 Å². The van der Waals surface area contributed by atoms with E-state index in [0.29, 0.717) is 0 Å². The minimum absolute atomic E-state index is 0.870. The van der Waals surface area contributed by atoms with Crippen molar-refractivity contribution in [2.45, 2.75) is 0 Å². The molecule has 0 radical (unpaired) electrons. The van der Waals surface area contributed by atoms with Gasteiger partial charge in [-0.05, 0) is 104 Å². The summed E-state index contributed by atoms with van der Waals surface area (Å²) in [5, 5.41) is 7.10. The highest BCUT2D eigenvalue weighted by molar-refractivity contribution is 6.14. The summed E-state index contributed by atoms with van der Waals surface area (Å²) in [5.41, 5.74) is 12.1. The van der Waals surface area contributed by atoms with E-state index < -0.39 is 0 Å². The van der Waals surface area contributed by atoms with Gasteiger partial charge in [0.25, 0.3) is 0 Å². The Morgan fingerprint density at radius 1 is 0.327 bits per heavy atom. The maximum absolute atomic E-state index is 6.52. The van der Waals surface area contributed by atoms with Gasteiger partial charge in [0, 0.05) is 27.5 Å². The predicted octanol–water partition coefficient (Wildman–Crippen LogP) is 14.4. The second-order valence-electron chi connectivity index (χ2n) is 13.4. The first-order valence-corrected chi connectivity index (χ1v) is 17.8. The van der Waals surface area contributed by atoms with Crippen molar-refractivity contribution in [2.24, 2.45) is 0 Å². The van der Waals surface area contributed by atoms with Gasteiger partial charge < -0.3 is 9.32 Å². The zero-order valence-corrected chi connectivity index (χ0v) is 28.4. The highest BCUT2D eigenvalue weighted by Gasteiger charge is 2.19. The zero-order chi connectivity index (χ0) is 34.4. The molecule has 0 atom stereocenters. The van der Waals surface area contributed by atoms with Crippen LogP contribution in [0.1, 0.15) is 0 Å². The summed E-state index contributed by atoms with van der Waals surface area (Å²) in [7, 11) is 0. The monoisotopic (exact) mass is 663 g/mol. The lowest BCUT2D eigenvalue weighted by atomic mass is 9.95. The predicted molar refractivity (Wildman–Crippen MR) is 220 cm³/mol. The van der Waals surface area contributed by atoms with E-state index in [1.165, 1.54) is 43.8 Å². The molecule has 10 rings (SSSR count). The molecule has 52 heavy (non-hydrogen) atoms. The van der Waals surface area contributed by atoms with Gasteiger partial charge in [-0.3, -0.25) is 0 Å². The van der Waals surface area contributed by atoms with Gasteiger partial charge in [0.15, 0.2) is 0 Å². The molecule has 2 nitrogen and oxygen atoms in total. The Bertz CT molecular complexity index is 2900. The van der Waals surface area contributed by atoms with Crippen LogP contribution < -0.4 is 4.90 Å². The van der Waals surface area contributed by atoms with Crippen molar-refractivity contribution < 1.29 is 4.42 Å². The number of rotatable bonds is 6. The second-order valence-corrected chi connectivity index (χ2v) is 13.4. The van der Waals surface area contributed by atoms with Gasteiger partial charge in [0.2, 0.25) is 0 Å². The molecular weight excluding hydrogens is 631 g/mol. The Morgan fingerprint density at radius 2 is 0.962 bits per heavy atom. The van der Waals surface area contributed by atoms with Crippen molar-refractivity contribution in [3.05, 3.63) is 200 Å². The lowest BCUT2D eigenvalue weighted by Crippen LogP contribution is -2.10. The number of hydrogen-bond acceptors (Lipinski definition) is 2. The normalized spacial score (nSPS) is 11.5. The van der Waals surface area contributed by atoms with Crippen LogP contribution in [0.15, 0.2) is 205 Å². The van der Waals surface area contributed by atoms with Crippen LogP contribution in [0.3, 0.4) is 0 Å². The summed E-state index contributed by atoms with van der Waals surface area (Å²) in [6.07, 6.45) is 0. The fourth-order valence-corrected chi connectivity index (χ4v) is 7.69. The van der Waals surface area contributed by atoms with Crippen LogP contribution in [-0.2, 0) is 0 Å². The standard InChI is InChI=1S/C50H33NO/c1-2-11-34(12-3-1)39-17-8-18-41(32-39)45-20-10-22-49-50(45)46-33-43(29-30-48(46)52-49)51(47-21-9-16-37-14-6-7-19-44(37)47)42-27-25-36(26-28-42)40-24-23-35-13-4-5-15-38(35)31-40/h1-33H. The first kappa shape index (κ1) is 30.0. The van der Waals surface area contributed by atoms with Crippen LogP contribution in [0.5, 0.6) is 0 Å². The maximum atomic E-state index is 6.52. The first-order chi connectivity index (χ1) is 25.8. The van der Waals surface area contributed by atoms with Gasteiger partial charge in [-0.1, -0.05) is 146 Å². The largest absolute Gasteiger partial charge is 0.456 e. The van der Waals surface area contributed by atoms with Crippen molar-refractivity contribution in [1.29, 1.82) is 0 Å². The van der Waals surface area contributed by atoms with E-state index in [9.17, 15) is 0 Å². The fraction of sp³-hybridized carbons (Fsp3) is 0. The van der Waals surface area contributed by atoms with E-state index in [1.54, 1.807) is 0 Å². The summed E-state index contributed by atoms with van der Waals surface area (Å²) >= 11 is 0. The third-order valence-corrected chi connectivity index (χ3v) is 10.2. The van der Waals surface area contributed by atoms with Crippen molar-refractivity contribution >= 4 is 60.5 Å². The molecule has 0 aliphatic heterocycles. The van der Waals surface area contributed by atoms with Crippen LogP contribution in [0.25, 0.3) is 76.9 Å². The SMILES string of the molecule is c1ccc(-c2cccc(-c3cccc4oc5ccc(N(c6ccc(-c7ccc8ccccc8c7)cc6)c6cccc7ccccc67)cc5c34)c2)cc1. The van der Waals surface area contributed by atoms with Crippen molar-refractivity contribution in [2.75, 3.05) is 4.90 Å². The lowest BCUT2D eigenvalue weighted by molar-refractivity contribution is 0.669. The summed E-state index contributed by atoms with van der Waals surface area (Å²) in [4.78, 5) is 2.38. The van der Waals surface area contributed by atoms with Gasteiger partial charge in [0.05, 0.1) is 5.69 Å². The molecule has 0 aliphatic carbocycles. The van der Waals surface area contributed by atoms with Gasteiger partial charge in [0.1, 0.15) is 11.2 Å². The number of hydrogen-bond donors (Lipinski definition) is 0. The summed E-state index contributed by atoms with van der Waals surface area (Å²) in [6.45, 7) is 0. The molecule has 0 spiro atoms. The van der Waals surface area contributed by atoms with E-state index in [0.717, 1.165) is 50.1 Å². The molecule has 0 saturated heterocycles.